The van der Waals surface area contributed by atoms with E-state index in [4.69, 9.17) is 16.5 Å². The smallest absolute Gasteiger partial charge is 0.245 e. The van der Waals surface area contributed by atoms with E-state index < -0.39 is 6.17 Å². The lowest BCUT2D eigenvalue weighted by atomic mass is 9.99. The Morgan fingerprint density at radius 3 is 2.53 bits per heavy atom. The molecule has 0 aromatic heterocycles. The number of halogens is 1. The molecule has 2 aromatic carbocycles. The number of carbonyl (C=O) groups is 1. The molecule has 0 spiro atoms. The van der Waals surface area contributed by atoms with Crippen LogP contribution in [0.2, 0.25) is 0 Å². The van der Waals surface area contributed by atoms with E-state index in [9.17, 15) is 14.4 Å². The minimum absolute atomic E-state index is 0.0118. The second-order valence-electron chi connectivity index (χ2n) is 8.40. The SMILES string of the molecule is C=C(/N=C(\ON)c1ccc(N2CC(F)C2)c(C#N)c1)c1ccc2c(c1)CCN(C(=O)CN)CC2. The van der Waals surface area contributed by atoms with Gasteiger partial charge in [0.05, 0.1) is 36.6 Å². The van der Waals surface area contributed by atoms with Crippen LogP contribution in [0.15, 0.2) is 48.0 Å². The minimum Gasteiger partial charge on any atom is -0.391 e. The van der Waals surface area contributed by atoms with E-state index in [0.717, 1.165) is 24.0 Å². The van der Waals surface area contributed by atoms with Crippen molar-refractivity contribution in [2.45, 2.75) is 19.0 Å². The van der Waals surface area contributed by atoms with Crippen LogP contribution < -0.4 is 16.5 Å². The second kappa shape index (κ2) is 10.0. The molecule has 1 saturated heterocycles. The highest BCUT2D eigenvalue weighted by Crippen LogP contribution is 2.28. The lowest BCUT2D eigenvalue weighted by Gasteiger charge is -2.36. The molecule has 2 aromatic rings. The van der Waals surface area contributed by atoms with E-state index in [2.05, 4.69) is 17.6 Å². The minimum atomic E-state index is -0.871. The third-order valence-electron chi connectivity index (χ3n) is 6.26. The van der Waals surface area contributed by atoms with Gasteiger partial charge in [-0.15, -0.1) is 0 Å². The Morgan fingerprint density at radius 2 is 1.88 bits per heavy atom. The summed E-state index contributed by atoms with van der Waals surface area (Å²) in [6.45, 7) is 5.89. The van der Waals surface area contributed by atoms with Crippen molar-refractivity contribution in [1.29, 1.82) is 5.26 Å². The van der Waals surface area contributed by atoms with Crippen LogP contribution in [0.5, 0.6) is 0 Å². The monoisotopic (exact) mass is 462 g/mol. The summed E-state index contributed by atoms with van der Waals surface area (Å²) in [7, 11) is 0. The van der Waals surface area contributed by atoms with Crippen LogP contribution in [-0.2, 0) is 22.5 Å². The maximum absolute atomic E-state index is 13.2. The van der Waals surface area contributed by atoms with E-state index in [1.54, 1.807) is 23.1 Å². The summed E-state index contributed by atoms with van der Waals surface area (Å²) in [5, 5.41) is 9.56. The summed E-state index contributed by atoms with van der Waals surface area (Å²) in [5.74, 6) is 5.57. The topological polar surface area (TPSA) is 121 Å². The van der Waals surface area contributed by atoms with Gasteiger partial charge in [-0.25, -0.2) is 9.38 Å². The number of carbonyl (C=O) groups excluding carboxylic acids is 1. The van der Waals surface area contributed by atoms with Crippen molar-refractivity contribution < 1.29 is 14.0 Å². The first-order valence-corrected chi connectivity index (χ1v) is 11.1. The molecule has 2 aliphatic heterocycles. The predicted octanol–water partition coefficient (Wildman–Crippen LogP) is 1.91. The molecule has 2 aliphatic rings. The highest BCUT2D eigenvalue weighted by atomic mass is 19.1. The zero-order valence-corrected chi connectivity index (χ0v) is 18.8. The molecular formula is C25H27FN6O2. The Kier molecular flexibility index (Phi) is 6.91. The summed E-state index contributed by atoms with van der Waals surface area (Å²) in [6.07, 6.45) is 0.608. The van der Waals surface area contributed by atoms with E-state index in [0.29, 0.717) is 35.6 Å². The Bertz CT molecular complexity index is 1180. The summed E-state index contributed by atoms with van der Waals surface area (Å²) >= 11 is 0. The second-order valence-corrected chi connectivity index (χ2v) is 8.40. The van der Waals surface area contributed by atoms with Crippen molar-refractivity contribution >= 4 is 23.2 Å². The first-order chi connectivity index (χ1) is 16.4. The number of fused-ring (bicyclic) bond motifs is 1. The average Bonchev–Trinajstić information content (AvgIpc) is 3.06. The van der Waals surface area contributed by atoms with Gasteiger partial charge in [-0.05, 0) is 53.8 Å². The fourth-order valence-electron chi connectivity index (χ4n) is 4.29. The molecule has 9 heteroatoms. The number of hydrogen-bond donors (Lipinski definition) is 2. The number of nitrogens with zero attached hydrogens (tertiary/aromatic N) is 4. The maximum atomic E-state index is 13.2. The first-order valence-electron chi connectivity index (χ1n) is 11.1. The van der Waals surface area contributed by atoms with Crippen molar-refractivity contribution in [3.63, 3.8) is 0 Å². The molecule has 0 radical (unpaired) electrons. The molecule has 176 valence electrons. The van der Waals surface area contributed by atoms with Crippen LogP contribution in [-0.4, -0.2) is 55.6 Å². The number of nitrogens with two attached hydrogens (primary N) is 2. The number of rotatable bonds is 5. The summed E-state index contributed by atoms with van der Waals surface area (Å²) in [4.78, 5) is 25.1. The van der Waals surface area contributed by atoms with Gasteiger partial charge in [0.15, 0.2) is 0 Å². The largest absolute Gasteiger partial charge is 0.391 e. The number of hydrogen-bond acceptors (Lipinski definition) is 7. The molecule has 0 atom stereocenters. The van der Waals surface area contributed by atoms with Crippen molar-refractivity contribution in [3.05, 3.63) is 70.8 Å². The molecular weight excluding hydrogens is 435 g/mol. The Hall–Kier alpha value is -3.74. The fourth-order valence-corrected chi connectivity index (χ4v) is 4.29. The van der Waals surface area contributed by atoms with E-state index in [1.165, 1.54) is 5.56 Å². The highest BCUT2D eigenvalue weighted by molar-refractivity contribution is 5.98. The number of alkyl halides is 1. The zero-order chi connectivity index (χ0) is 24.2. The van der Waals surface area contributed by atoms with Crippen molar-refractivity contribution in [1.82, 2.24) is 4.90 Å². The van der Waals surface area contributed by atoms with Crippen molar-refractivity contribution in [3.8, 4) is 6.07 Å². The van der Waals surface area contributed by atoms with E-state index in [1.807, 2.05) is 23.1 Å². The van der Waals surface area contributed by atoms with Crippen molar-refractivity contribution in [2.75, 3.05) is 37.6 Å². The number of amides is 1. The number of anilines is 1. The lowest BCUT2D eigenvalue weighted by molar-refractivity contribution is -0.129. The number of nitriles is 1. The molecule has 8 nitrogen and oxygen atoms in total. The van der Waals surface area contributed by atoms with Crippen molar-refractivity contribution in [2.24, 2.45) is 16.6 Å². The normalized spacial score (nSPS) is 16.2. The summed E-state index contributed by atoms with van der Waals surface area (Å²) in [5.41, 5.74) is 10.7. The van der Waals surface area contributed by atoms with Crippen LogP contribution in [0.3, 0.4) is 0 Å². The summed E-state index contributed by atoms with van der Waals surface area (Å²) in [6, 6.07) is 13.2. The summed E-state index contributed by atoms with van der Waals surface area (Å²) < 4.78 is 13.2. The fraction of sp³-hybridized carbons (Fsp3) is 0.320. The maximum Gasteiger partial charge on any atom is 0.245 e. The molecule has 0 bridgehead atoms. The highest BCUT2D eigenvalue weighted by Gasteiger charge is 2.28. The molecule has 34 heavy (non-hydrogen) atoms. The quantitative estimate of drug-likeness (QED) is 0.398. The van der Waals surface area contributed by atoms with Gasteiger partial charge in [-0.1, -0.05) is 18.7 Å². The third-order valence-corrected chi connectivity index (χ3v) is 6.26. The van der Waals surface area contributed by atoms with Gasteiger partial charge >= 0.3 is 0 Å². The van der Waals surface area contributed by atoms with Gasteiger partial charge in [-0.2, -0.15) is 11.2 Å². The van der Waals surface area contributed by atoms with Gasteiger partial charge in [0.25, 0.3) is 0 Å². The molecule has 0 unspecified atom stereocenters. The van der Waals surface area contributed by atoms with E-state index in [-0.39, 0.29) is 31.4 Å². The molecule has 0 aliphatic carbocycles. The van der Waals surface area contributed by atoms with Crippen LogP contribution in [0.1, 0.15) is 27.8 Å². The van der Waals surface area contributed by atoms with Gasteiger partial charge in [0, 0.05) is 18.7 Å². The van der Waals surface area contributed by atoms with Gasteiger partial charge < -0.3 is 20.4 Å². The van der Waals surface area contributed by atoms with Gasteiger partial charge in [-0.3, -0.25) is 4.79 Å². The van der Waals surface area contributed by atoms with Gasteiger partial charge in [0.1, 0.15) is 12.2 Å². The lowest BCUT2D eigenvalue weighted by Crippen LogP contribution is -2.48. The molecule has 2 heterocycles. The first kappa shape index (κ1) is 23.4. The zero-order valence-electron chi connectivity index (χ0n) is 18.8. The molecule has 4 rings (SSSR count). The molecule has 0 saturated carbocycles. The molecule has 1 fully saturated rings. The Morgan fingerprint density at radius 1 is 1.18 bits per heavy atom. The standard InChI is InChI=1S/C25H27FN6O2/c1-16(18-3-2-17-6-8-31(24(33)13-28)9-7-19(17)10-18)30-25(34-29)20-4-5-23(21(11-20)12-27)32-14-22(26)15-32/h2-5,10-11,22H,1,6-9,13-15,28-29H2/b30-25-. The number of benzene rings is 2. The van der Waals surface area contributed by atoms with Crippen LogP contribution in [0.4, 0.5) is 10.1 Å². The van der Waals surface area contributed by atoms with Crippen LogP contribution >= 0.6 is 0 Å². The Balaban J connectivity index is 1.55. The number of aliphatic imine (C=N–C) groups is 1. The predicted molar refractivity (Wildman–Crippen MR) is 129 cm³/mol. The van der Waals surface area contributed by atoms with Crippen LogP contribution in [0, 0.1) is 11.3 Å². The van der Waals surface area contributed by atoms with Crippen LogP contribution in [0.25, 0.3) is 5.70 Å². The third kappa shape index (κ3) is 4.78. The Labute approximate surface area is 197 Å². The van der Waals surface area contributed by atoms with Gasteiger partial charge in [0.2, 0.25) is 11.8 Å². The molecule has 4 N–H and O–H groups in total. The van der Waals surface area contributed by atoms with E-state index >= 15 is 0 Å². The average molecular weight is 463 g/mol. The molecule has 1 amide bonds.